The van der Waals surface area contributed by atoms with Crippen LogP contribution in [0.5, 0.6) is 0 Å². The number of ether oxygens (including phenoxy) is 1. The van der Waals surface area contributed by atoms with Crippen LogP contribution in [0.3, 0.4) is 0 Å². The van der Waals surface area contributed by atoms with Crippen LogP contribution < -0.4 is 0 Å². The Morgan fingerprint density at radius 3 is 2.88 bits per heavy atom. The van der Waals surface area contributed by atoms with Crippen LogP contribution in [0.25, 0.3) is 0 Å². The summed E-state index contributed by atoms with van der Waals surface area (Å²) in [4.78, 5) is 26.3. The van der Waals surface area contributed by atoms with Crippen molar-refractivity contribution < 1.29 is 14.3 Å². The van der Waals surface area contributed by atoms with Gasteiger partial charge in [0.05, 0.1) is 18.3 Å². The fourth-order valence-electron chi connectivity index (χ4n) is 6.61. The molecule has 6 aliphatic carbocycles. The fourth-order valence-corrected chi connectivity index (χ4v) is 6.61. The largest absolute Gasteiger partial charge is 0.501 e. The van der Waals surface area contributed by atoms with E-state index in [9.17, 15) is 9.59 Å². The average molecular weight is 324 g/mol. The van der Waals surface area contributed by atoms with Crippen molar-refractivity contribution in [2.24, 2.45) is 34.5 Å². The molecule has 5 fully saturated rings. The van der Waals surface area contributed by atoms with E-state index in [1.54, 1.807) is 0 Å². The number of ketones is 2. The Labute approximate surface area is 142 Å². The summed E-state index contributed by atoms with van der Waals surface area (Å²) in [5.41, 5.74) is 1.01. The maximum Gasteiger partial charge on any atom is 0.172 e. The second kappa shape index (κ2) is 4.50. The third-order valence-corrected chi connectivity index (χ3v) is 7.90. The maximum atomic E-state index is 13.2. The smallest absolute Gasteiger partial charge is 0.172 e. The monoisotopic (exact) mass is 324 g/mol. The summed E-state index contributed by atoms with van der Waals surface area (Å²) in [6, 6.07) is 0. The van der Waals surface area contributed by atoms with Crippen molar-refractivity contribution in [1.29, 1.82) is 0 Å². The Kier molecular flexibility index (Phi) is 2.75. The Morgan fingerprint density at radius 2 is 2.08 bits per heavy atom. The third-order valence-electron chi connectivity index (χ3n) is 7.90. The first-order chi connectivity index (χ1) is 11.5. The minimum Gasteiger partial charge on any atom is -0.501 e. The van der Waals surface area contributed by atoms with Crippen LogP contribution in [0.2, 0.25) is 0 Å². The van der Waals surface area contributed by atoms with Gasteiger partial charge in [0.1, 0.15) is 0 Å². The lowest BCUT2D eigenvalue weighted by atomic mass is 9.41. The molecule has 3 heteroatoms. The molecule has 0 aromatic rings. The van der Waals surface area contributed by atoms with Crippen LogP contribution in [0.4, 0.5) is 0 Å². The minimum absolute atomic E-state index is 0.0335. The number of allylic oxidation sites excluding steroid dienone is 2. The Morgan fingerprint density at radius 1 is 1.25 bits per heavy atom. The molecule has 5 saturated carbocycles. The summed E-state index contributed by atoms with van der Waals surface area (Å²) in [5, 5.41) is 0. The molecule has 0 aromatic heterocycles. The number of hydrogen-bond acceptors (Lipinski definition) is 3. The van der Waals surface area contributed by atoms with E-state index in [2.05, 4.69) is 13.2 Å². The van der Waals surface area contributed by atoms with Gasteiger partial charge in [-0.05, 0) is 73.8 Å². The molecular weight excluding hydrogens is 300 g/mol. The zero-order valence-electron chi connectivity index (χ0n) is 14.1. The van der Waals surface area contributed by atoms with Gasteiger partial charge in [-0.2, -0.15) is 0 Å². The van der Waals surface area contributed by atoms with E-state index in [0.29, 0.717) is 24.5 Å². The van der Waals surface area contributed by atoms with Crippen LogP contribution in [0.1, 0.15) is 38.5 Å². The molecule has 2 bridgehead atoms. The van der Waals surface area contributed by atoms with Gasteiger partial charge in [-0.3, -0.25) is 9.59 Å². The van der Waals surface area contributed by atoms with E-state index in [-0.39, 0.29) is 28.8 Å². The van der Waals surface area contributed by atoms with Gasteiger partial charge >= 0.3 is 0 Å². The van der Waals surface area contributed by atoms with Crippen LogP contribution in [0.15, 0.2) is 36.6 Å². The number of Topliss-reactive ketones (excluding diaryl/α,β-unsaturated/α-hetero) is 1. The highest BCUT2D eigenvalue weighted by atomic mass is 16.5. The Hall–Kier alpha value is -1.64. The van der Waals surface area contributed by atoms with Crippen molar-refractivity contribution in [3.05, 3.63) is 36.6 Å². The summed E-state index contributed by atoms with van der Waals surface area (Å²) in [7, 11) is 0. The summed E-state index contributed by atoms with van der Waals surface area (Å²) < 4.78 is 5.73. The second-order valence-electron chi connectivity index (χ2n) is 8.59. The van der Waals surface area contributed by atoms with Gasteiger partial charge in [0.2, 0.25) is 0 Å². The van der Waals surface area contributed by atoms with Crippen molar-refractivity contribution >= 4 is 11.6 Å². The molecule has 0 heterocycles. The van der Waals surface area contributed by atoms with Gasteiger partial charge in [0.15, 0.2) is 11.6 Å². The molecule has 0 N–H and O–H groups in total. The molecule has 0 aromatic carbocycles. The predicted octanol–water partition coefficient (Wildman–Crippen LogP) is 3.61. The molecule has 6 aliphatic rings. The average Bonchev–Trinajstić information content (AvgIpc) is 3.38. The van der Waals surface area contributed by atoms with Crippen LogP contribution in [-0.4, -0.2) is 18.2 Å². The van der Waals surface area contributed by atoms with Gasteiger partial charge in [0, 0.05) is 5.41 Å². The standard InChI is InChI=1S/C21H24O3/c1-3-24-11-20-6-4-14-8-15(14)16(20)10-18(22)21-7-5-13(9-17(20)21)12(2)19(21)23/h3,10,13-15,17H,1-2,4-9,11H2. The van der Waals surface area contributed by atoms with Gasteiger partial charge in [-0.1, -0.05) is 18.7 Å². The molecular formula is C21H24O3. The molecule has 1 spiro atoms. The number of fused-ring (bicyclic) bond motifs is 5. The van der Waals surface area contributed by atoms with Crippen molar-refractivity contribution in [1.82, 2.24) is 0 Å². The van der Waals surface area contributed by atoms with E-state index in [1.807, 2.05) is 6.08 Å². The van der Waals surface area contributed by atoms with Gasteiger partial charge in [-0.15, -0.1) is 0 Å². The van der Waals surface area contributed by atoms with Gasteiger partial charge in [0.25, 0.3) is 0 Å². The third kappa shape index (κ3) is 1.50. The highest BCUT2D eigenvalue weighted by Gasteiger charge is 2.70. The van der Waals surface area contributed by atoms with E-state index < -0.39 is 5.41 Å². The number of carbonyl (C=O) groups is 2. The fraction of sp³-hybridized carbons (Fsp3) is 0.619. The first-order valence-corrected chi connectivity index (χ1v) is 9.27. The summed E-state index contributed by atoms with van der Waals surface area (Å²) >= 11 is 0. The van der Waals surface area contributed by atoms with Crippen molar-refractivity contribution in [2.75, 3.05) is 6.61 Å². The molecule has 126 valence electrons. The summed E-state index contributed by atoms with van der Waals surface area (Å²) in [6.07, 6.45) is 9.38. The number of carbonyl (C=O) groups excluding carboxylic acids is 2. The number of hydrogen-bond donors (Lipinski definition) is 0. The second-order valence-corrected chi connectivity index (χ2v) is 8.59. The first-order valence-electron chi connectivity index (χ1n) is 9.27. The molecule has 0 radical (unpaired) electrons. The highest BCUT2D eigenvalue weighted by Crippen LogP contribution is 2.70. The quantitative estimate of drug-likeness (QED) is 0.452. The molecule has 6 atom stereocenters. The Balaban J connectivity index is 1.70. The highest BCUT2D eigenvalue weighted by molar-refractivity contribution is 6.20. The zero-order chi connectivity index (χ0) is 16.7. The van der Waals surface area contributed by atoms with Gasteiger partial charge < -0.3 is 4.74 Å². The maximum absolute atomic E-state index is 13.2. The predicted molar refractivity (Wildman–Crippen MR) is 89.9 cm³/mol. The van der Waals surface area contributed by atoms with Crippen LogP contribution in [-0.2, 0) is 14.3 Å². The molecule has 6 unspecified atom stereocenters. The lowest BCUT2D eigenvalue weighted by Gasteiger charge is -2.60. The van der Waals surface area contributed by atoms with E-state index in [0.717, 1.165) is 25.2 Å². The summed E-state index contributed by atoms with van der Waals surface area (Å²) in [6.45, 7) is 8.32. The SMILES string of the molecule is C=COCC12CCC3CC3C1=CC(=O)C13CCC(CC21)C(=C)C3=O. The van der Waals surface area contributed by atoms with Crippen LogP contribution in [0, 0.1) is 34.5 Å². The van der Waals surface area contributed by atoms with Crippen LogP contribution >= 0.6 is 0 Å². The first kappa shape index (κ1) is 14.7. The zero-order valence-corrected chi connectivity index (χ0v) is 14.1. The Bertz CT molecular complexity index is 717. The van der Waals surface area contributed by atoms with E-state index >= 15 is 0 Å². The van der Waals surface area contributed by atoms with Crippen molar-refractivity contribution in [3.8, 4) is 0 Å². The van der Waals surface area contributed by atoms with E-state index in [1.165, 1.54) is 24.7 Å². The normalized spacial score (nSPS) is 48.2. The summed E-state index contributed by atoms with van der Waals surface area (Å²) in [5.74, 6) is 1.75. The van der Waals surface area contributed by atoms with Crippen molar-refractivity contribution in [2.45, 2.75) is 38.5 Å². The molecule has 0 saturated heterocycles. The number of rotatable bonds is 3. The topological polar surface area (TPSA) is 43.4 Å². The lowest BCUT2D eigenvalue weighted by molar-refractivity contribution is -0.158. The molecule has 3 nitrogen and oxygen atoms in total. The molecule has 24 heavy (non-hydrogen) atoms. The molecule has 0 amide bonds. The van der Waals surface area contributed by atoms with Crippen molar-refractivity contribution in [3.63, 3.8) is 0 Å². The van der Waals surface area contributed by atoms with Gasteiger partial charge in [-0.25, -0.2) is 0 Å². The molecule has 0 aliphatic heterocycles. The molecule has 6 rings (SSSR count). The lowest BCUT2D eigenvalue weighted by Crippen LogP contribution is -2.63. The van der Waals surface area contributed by atoms with E-state index in [4.69, 9.17) is 4.74 Å². The minimum atomic E-state index is -0.846.